The molecule has 0 amide bonds. The van der Waals surface area contributed by atoms with Gasteiger partial charge >= 0.3 is 0 Å². The third kappa shape index (κ3) is 1.45. The van der Waals surface area contributed by atoms with Gasteiger partial charge in [0.15, 0.2) is 17.9 Å². The maximum Gasteiger partial charge on any atom is 0.196 e. The summed E-state index contributed by atoms with van der Waals surface area (Å²) in [7, 11) is 1.70. The zero-order valence-electron chi connectivity index (χ0n) is 7.40. The minimum atomic E-state index is 0.296. The Morgan fingerprint density at radius 3 is 2.92 bits per heavy atom. The third-order valence-electron chi connectivity index (χ3n) is 2.22. The number of rotatable bonds is 3. The van der Waals surface area contributed by atoms with Gasteiger partial charge in [-0.15, -0.1) is 0 Å². The molecule has 0 aromatic carbocycles. The Labute approximate surface area is 76.1 Å². The van der Waals surface area contributed by atoms with Crippen LogP contribution in [0.2, 0.25) is 0 Å². The molecule has 2 heterocycles. The molecule has 1 aromatic rings. The van der Waals surface area contributed by atoms with Gasteiger partial charge in [-0.3, -0.25) is 4.79 Å². The van der Waals surface area contributed by atoms with Crippen LogP contribution in [-0.4, -0.2) is 32.6 Å². The highest BCUT2D eigenvalue weighted by Gasteiger charge is 2.28. The van der Waals surface area contributed by atoms with Gasteiger partial charge < -0.3 is 14.1 Å². The lowest BCUT2D eigenvalue weighted by atomic mass is 10.2. The van der Waals surface area contributed by atoms with Crippen LogP contribution in [0.5, 0.6) is 0 Å². The summed E-state index contributed by atoms with van der Waals surface area (Å²) >= 11 is 0. The lowest BCUT2D eigenvalue weighted by Gasteiger charge is -2.37. The van der Waals surface area contributed by atoms with Gasteiger partial charge in [0.05, 0.1) is 6.10 Å². The average Bonchev–Trinajstić information content (AvgIpc) is 2.51. The van der Waals surface area contributed by atoms with Crippen LogP contribution in [0.4, 0.5) is 5.88 Å². The highest BCUT2D eigenvalue weighted by atomic mass is 16.5. The molecular formula is C9H11NO3. The fraction of sp³-hybridized carbons (Fsp3) is 0.444. The van der Waals surface area contributed by atoms with Crippen molar-refractivity contribution in [1.82, 2.24) is 0 Å². The second-order valence-corrected chi connectivity index (χ2v) is 3.06. The van der Waals surface area contributed by atoms with Crippen LogP contribution in [0.15, 0.2) is 16.5 Å². The second kappa shape index (κ2) is 3.22. The molecule has 1 fully saturated rings. The van der Waals surface area contributed by atoms with Crippen molar-refractivity contribution in [2.45, 2.75) is 6.10 Å². The van der Waals surface area contributed by atoms with E-state index in [4.69, 9.17) is 9.15 Å². The van der Waals surface area contributed by atoms with Crippen LogP contribution in [0.3, 0.4) is 0 Å². The van der Waals surface area contributed by atoms with Crippen molar-refractivity contribution in [1.29, 1.82) is 0 Å². The molecule has 0 radical (unpaired) electrons. The molecule has 70 valence electrons. The Morgan fingerprint density at radius 1 is 1.62 bits per heavy atom. The van der Waals surface area contributed by atoms with Gasteiger partial charge in [0.1, 0.15) is 0 Å². The molecule has 0 spiro atoms. The Kier molecular flexibility index (Phi) is 2.06. The number of nitrogens with zero attached hydrogens (tertiary/aromatic N) is 1. The minimum Gasteiger partial charge on any atom is -0.438 e. The Morgan fingerprint density at radius 2 is 2.38 bits per heavy atom. The van der Waals surface area contributed by atoms with E-state index in [1.165, 1.54) is 0 Å². The first-order chi connectivity index (χ1) is 6.33. The number of furan rings is 1. The summed E-state index contributed by atoms with van der Waals surface area (Å²) in [6.45, 7) is 1.67. The fourth-order valence-electron chi connectivity index (χ4n) is 1.34. The first-order valence-corrected chi connectivity index (χ1v) is 4.16. The van der Waals surface area contributed by atoms with Gasteiger partial charge in [-0.25, -0.2) is 0 Å². The van der Waals surface area contributed by atoms with Crippen LogP contribution < -0.4 is 4.90 Å². The van der Waals surface area contributed by atoms with Crippen molar-refractivity contribution in [3.05, 3.63) is 17.9 Å². The molecule has 4 heteroatoms. The third-order valence-corrected chi connectivity index (χ3v) is 2.22. The predicted octanol–water partition coefficient (Wildman–Crippen LogP) is 0.927. The summed E-state index contributed by atoms with van der Waals surface area (Å²) in [5, 5.41) is 0. The van der Waals surface area contributed by atoms with Gasteiger partial charge in [-0.1, -0.05) is 0 Å². The zero-order chi connectivity index (χ0) is 9.26. The normalized spacial score (nSPS) is 17.2. The standard InChI is InChI=1S/C9H11NO3/c1-12-8-4-10(5-8)9-3-2-7(6-11)13-9/h2-3,6,8H,4-5H2,1H3. The Balaban J connectivity index is 1.99. The van der Waals surface area contributed by atoms with E-state index in [2.05, 4.69) is 0 Å². The first kappa shape index (κ1) is 8.31. The Hall–Kier alpha value is -1.29. The van der Waals surface area contributed by atoms with Crippen molar-refractivity contribution in [3.8, 4) is 0 Å². The molecule has 0 atom stereocenters. The van der Waals surface area contributed by atoms with Crippen LogP contribution in [0.1, 0.15) is 10.6 Å². The summed E-state index contributed by atoms with van der Waals surface area (Å²) < 4.78 is 10.3. The van der Waals surface area contributed by atoms with E-state index in [9.17, 15) is 4.79 Å². The van der Waals surface area contributed by atoms with E-state index in [0.29, 0.717) is 18.2 Å². The van der Waals surface area contributed by atoms with E-state index < -0.39 is 0 Å². The van der Waals surface area contributed by atoms with Crippen LogP contribution in [0, 0.1) is 0 Å². The SMILES string of the molecule is COC1CN(c2ccc(C=O)o2)C1. The number of aldehydes is 1. The van der Waals surface area contributed by atoms with Crippen molar-refractivity contribution in [2.24, 2.45) is 0 Å². The van der Waals surface area contributed by atoms with E-state index in [1.807, 2.05) is 4.90 Å². The number of carbonyl (C=O) groups excluding carboxylic acids is 1. The molecule has 0 aliphatic carbocycles. The highest BCUT2D eigenvalue weighted by molar-refractivity contribution is 5.71. The summed E-state index contributed by atoms with van der Waals surface area (Å²) in [4.78, 5) is 12.4. The van der Waals surface area contributed by atoms with E-state index >= 15 is 0 Å². The number of hydrogen-bond acceptors (Lipinski definition) is 4. The Bertz CT molecular complexity index is 302. The maximum atomic E-state index is 10.3. The summed E-state index contributed by atoms with van der Waals surface area (Å²) in [6, 6.07) is 3.47. The molecular weight excluding hydrogens is 170 g/mol. The molecule has 1 aromatic heterocycles. The number of carbonyl (C=O) groups is 1. The van der Waals surface area contributed by atoms with Gasteiger partial charge in [-0.2, -0.15) is 0 Å². The lowest BCUT2D eigenvalue weighted by molar-refractivity contribution is 0.0761. The lowest BCUT2D eigenvalue weighted by Crippen LogP contribution is -2.51. The zero-order valence-corrected chi connectivity index (χ0v) is 7.40. The quantitative estimate of drug-likeness (QED) is 0.650. The van der Waals surface area contributed by atoms with E-state index in [-0.39, 0.29) is 0 Å². The smallest absolute Gasteiger partial charge is 0.196 e. The molecule has 0 saturated carbocycles. The van der Waals surface area contributed by atoms with Crippen LogP contribution in [-0.2, 0) is 4.74 Å². The topological polar surface area (TPSA) is 42.7 Å². The van der Waals surface area contributed by atoms with Crippen LogP contribution in [0.25, 0.3) is 0 Å². The molecule has 1 saturated heterocycles. The van der Waals surface area contributed by atoms with E-state index in [1.54, 1.807) is 19.2 Å². The number of methoxy groups -OCH3 is 1. The second-order valence-electron chi connectivity index (χ2n) is 3.06. The minimum absolute atomic E-state index is 0.296. The van der Waals surface area contributed by atoms with Crippen LogP contribution >= 0.6 is 0 Å². The number of ether oxygens (including phenoxy) is 1. The average molecular weight is 181 g/mol. The van der Waals surface area contributed by atoms with Gasteiger partial charge in [-0.05, 0) is 6.07 Å². The molecule has 4 nitrogen and oxygen atoms in total. The predicted molar refractivity (Wildman–Crippen MR) is 47.1 cm³/mol. The number of hydrogen-bond donors (Lipinski definition) is 0. The highest BCUT2D eigenvalue weighted by Crippen LogP contribution is 2.23. The number of anilines is 1. The summed E-state index contributed by atoms with van der Waals surface area (Å²) in [5.41, 5.74) is 0. The molecule has 0 bridgehead atoms. The van der Waals surface area contributed by atoms with Gasteiger partial charge in [0.25, 0.3) is 0 Å². The van der Waals surface area contributed by atoms with Crippen molar-refractivity contribution < 1.29 is 13.9 Å². The fourth-order valence-corrected chi connectivity index (χ4v) is 1.34. The molecule has 2 rings (SSSR count). The van der Waals surface area contributed by atoms with Crippen molar-refractivity contribution in [2.75, 3.05) is 25.1 Å². The molecule has 1 aliphatic rings. The largest absolute Gasteiger partial charge is 0.438 e. The summed E-state index contributed by atoms with van der Waals surface area (Å²) in [6.07, 6.45) is 1.00. The van der Waals surface area contributed by atoms with Gasteiger partial charge in [0.2, 0.25) is 0 Å². The molecule has 0 N–H and O–H groups in total. The van der Waals surface area contributed by atoms with Crippen molar-refractivity contribution >= 4 is 12.2 Å². The van der Waals surface area contributed by atoms with E-state index in [0.717, 1.165) is 19.0 Å². The summed E-state index contributed by atoms with van der Waals surface area (Å²) in [5.74, 6) is 1.12. The van der Waals surface area contributed by atoms with Crippen molar-refractivity contribution in [3.63, 3.8) is 0 Å². The van der Waals surface area contributed by atoms with Gasteiger partial charge in [0, 0.05) is 26.3 Å². The molecule has 0 unspecified atom stereocenters. The first-order valence-electron chi connectivity index (χ1n) is 4.16. The molecule has 13 heavy (non-hydrogen) atoms. The monoisotopic (exact) mass is 181 g/mol. The molecule has 1 aliphatic heterocycles. The maximum absolute atomic E-state index is 10.3.